The molecule has 0 aliphatic rings. The van der Waals surface area contributed by atoms with Crippen molar-refractivity contribution >= 4 is 31.8 Å². The van der Waals surface area contributed by atoms with Crippen molar-refractivity contribution in [3.05, 3.63) is 34.4 Å². The molecule has 1 unspecified atom stereocenters. The van der Waals surface area contributed by atoms with Crippen LogP contribution in [-0.2, 0) is 27.5 Å². The molecule has 0 aliphatic heterocycles. The largest absolute Gasteiger partial charge is 0.448 e. The molecule has 11 heteroatoms. The number of hydrogen-bond donors (Lipinski definition) is 1. The van der Waals surface area contributed by atoms with Crippen LogP contribution in [0.1, 0.15) is 27.0 Å². The van der Waals surface area contributed by atoms with Crippen molar-refractivity contribution in [2.75, 3.05) is 5.75 Å². The maximum Gasteiger partial charge on any atom is 0.426 e. The highest BCUT2D eigenvalue weighted by molar-refractivity contribution is 7.85. The van der Waals surface area contributed by atoms with Crippen LogP contribution < -0.4 is 0 Å². The number of halogens is 3. The summed E-state index contributed by atoms with van der Waals surface area (Å²) in [4.78, 5) is 12.1. The van der Waals surface area contributed by atoms with Gasteiger partial charge in [0.1, 0.15) is 5.75 Å². The third-order valence-electron chi connectivity index (χ3n) is 3.07. The van der Waals surface area contributed by atoms with Gasteiger partial charge in [-0.3, -0.25) is 4.55 Å². The molecule has 24 heavy (non-hydrogen) atoms. The second-order valence-electron chi connectivity index (χ2n) is 5.05. The molecule has 5 nitrogen and oxygen atoms in total. The Morgan fingerprint density at radius 1 is 1.25 bits per heavy atom. The number of alkyl halides is 3. The molecule has 0 amide bonds. The van der Waals surface area contributed by atoms with Gasteiger partial charge >= 0.3 is 12.1 Å². The van der Waals surface area contributed by atoms with Gasteiger partial charge in [-0.1, -0.05) is 30.3 Å². The van der Waals surface area contributed by atoms with Crippen LogP contribution in [0.15, 0.2) is 12.1 Å². The van der Waals surface area contributed by atoms with Gasteiger partial charge in [0.2, 0.25) is 6.10 Å². The zero-order valence-electron chi connectivity index (χ0n) is 12.6. The average molecular weight is 360 g/mol. The molecule has 0 saturated carbocycles. The Bertz CT molecular complexity index is 694. The molecule has 4 radical (unpaired) electrons. The van der Waals surface area contributed by atoms with Crippen molar-refractivity contribution in [2.45, 2.75) is 31.8 Å². The number of esters is 1. The standard InChI is InChI=1S/C13H13B2F3O5S/c1-7-2-8(4-14)11(9(3-7)5-15)12(19)23-10(13(16,17)18)6-24(20,21)22/h2-3,10H,4-6H2,1H3,(H,20,21,22). The molecule has 0 bridgehead atoms. The minimum atomic E-state index is -5.18. The van der Waals surface area contributed by atoms with Gasteiger partial charge in [-0.25, -0.2) is 4.79 Å². The lowest BCUT2D eigenvalue weighted by Gasteiger charge is -2.21. The molecule has 0 saturated heterocycles. The zero-order valence-corrected chi connectivity index (χ0v) is 13.4. The average Bonchev–Trinajstić information content (AvgIpc) is 2.42. The summed E-state index contributed by atoms with van der Waals surface area (Å²) in [7, 11) is 5.97. The highest BCUT2D eigenvalue weighted by Crippen LogP contribution is 2.27. The van der Waals surface area contributed by atoms with Crippen LogP contribution in [0.4, 0.5) is 13.2 Å². The molecule has 1 aromatic rings. The quantitative estimate of drug-likeness (QED) is 0.470. The first-order valence-corrected chi connectivity index (χ1v) is 8.25. The second-order valence-corrected chi connectivity index (χ2v) is 6.55. The van der Waals surface area contributed by atoms with E-state index in [4.69, 9.17) is 20.2 Å². The van der Waals surface area contributed by atoms with Crippen molar-refractivity contribution < 1.29 is 35.7 Å². The molecule has 1 atom stereocenters. The first kappa shape index (κ1) is 20.6. The van der Waals surface area contributed by atoms with E-state index in [-0.39, 0.29) is 29.3 Å². The fourth-order valence-corrected chi connectivity index (χ4v) is 2.74. The summed E-state index contributed by atoms with van der Waals surface area (Å²) in [5, 5.41) is 0. The van der Waals surface area contributed by atoms with E-state index in [9.17, 15) is 26.4 Å². The van der Waals surface area contributed by atoms with Crippen LogP contribution in [-0.4, -0.2) is 52.7 Å². The summed E-state index contributed by atoms with van der Waals surface area (Å²) >= 11 is 0. The molecule has 0 heterocycles. The van der Waals surface area contributed by atoms with E-state index in [1.165, 1.54) is 12.1 Å². The molecule has 0 fully saturated rings. The van der Waals surface area contributed by atoms with Crippen LogP contribution in [0.2, 0.25) is 0 Å². The Labute approximate surface area is 140 Å². The molecule has 1 rings (SSSR count). The first-order chi connectivity index (χ1) is 10.9. The monoisotopic (exact) mass is 360 g/mol. The normalized spacial score (nSPS) is 13.5. The SMILES string of the molecule is [B]Cc1cc(C)cc(C[B])c1C(=O)OC(CS(=O)(=O)O)C(F)(F)F. The van der Waals surface area contributed by atoms with Crippen LogP contribution in [0.5, 0.6) is 0 Å². The first-order valence-electron chi connectivity index (χ1n) is 6.64. The molecule has 1 N–H and O–H groups in total. The Morgan fingerprint density at radius 2 is 1.71 bits per heavy atom. The number of carbonyl (C=O) groups excluding carboxylic acids is 1. The van der Waals surface area contributed by atoms with Gasteiger partial charge in [0, 0.05) is 0 Å². The Morgan fingerprint density at radius 3 is 2.04 bits per heavy atom. The number of rotatable bonds is 6. The van der Waals surface area contributed by atoms with Crippen LogP contribution in [0.3, 0.4) is 0 Å². The van der Waals surface area contributed by atoms with Gasteiger partial charge in [0.05, 0.1) is 21.3 Å². The summed E-state index contributed by atoms with van der Waals surface area (Å²) in [5.41, 5.74) is 0.884. The predicted octanol–water partition coefficient (Wildman–Crippen LogP) is 1.31. The van der Waals surface area contributed by atoms with Gasteiger partial charge < -0.3 is 4.74 Å². The minimum Gasteiger partial charge on any atom is -0.448 e. The van der Waals surface area contributed by atoms with Gasteiger partial charge in [-0.15, -0.1) is 0 Å². The van der Waals surface area contributed by atoms with Crippen molar-refractivity contribution in [1.29, 1.82) is 0 Å². The Balaban J connectivity index is 3.26. The van der Waals surface area contributed by atoms with E-state index < -0.39 is 34.1 Å². The highest BCUT2D eigenvalue weighted by Gasteiger charge is 2.45. The van der Waals surface area contributed by atoms with Crippen molar-refractivity contribution in [3.8, 4) is 0 Å². The van der Waals surface area contributed by atoms with E-state index in [2.05, 4.69) is 4.74 Å². The number of benzene rings is 1. The third-order valence-corrected chi connectivity index (χ3v) is 3.79. The summed E-state index contributed by atoms with van der Waals surface area (Å²) in [5.74, 6) is -3.22. The van der Waals surface area contributed by atoms with Crippen LogP contribution in [0, 0.1) is 6.92 Å². The van der Waals surface area contributed by atoms with Gasteiger partial charge in [-0.2, -0.15) is 21.6 Å². The fraction of sp³-hybridized carbons (Fsp3) is 0.462. The predicted molar refractivity (Wildman–Crippen MR) is 81.8 cm³/mol. The van der Waals surface area contributed by atoms with E-state index in [0.29, 0.717) is 5.56 Å². The molecule has 1 aromatic carbocycles. The lowest BCUT2D eigenvalue weighted by atomic mass is 9.84. The van der Waals surface area contributed by atoms with Gasteiger partial charge in [-0.05, 0) is 18.1 Å². The zero-order chi connectivity index (χ0) is 18.7. The summed E-state index contributed by atoms with van der Waals surface area (Å²) in [6.45, 7) is 1.68. The third kappa shape index (κ3) is 5.55. The maximum absolute atomic E-state index is 12.9. The summed E-state index contributed by atoms with van der Waals surface area (Å²) in [6, 6.07) is 2.97. The van der Waals surface area contributed by atoms with E-state index in [0.717, 1.165) is 0 Å². The smallest absolute Gasteiger partial charge is 0.426 e. The molecule has 0 aliphatic carbocycles. The molecular formula is C13H13B2F3O5S. The Kier molecular flexibility index (Phi) is 6.52. The lowest BCUT2D eigenvalue weighted by molar-refractivity contribution is -0.197. The van der Waals surface area contributed by atoms with E-state index >= 15 is 0 Å². The minimum absolute atomic E-state index is 0.159. The fourth-order valence-electron chi connectivity index (χ4n) is 2.10. The number of aryl methyl sites for hydroxylation is 1. The van der Waals surface area contributed by atoms with Gasteiger partial charge in [0.25, 0.3) is 10.1 Å². The summed E-state index contributed by atoms with van der Waals surface area (Å²) in [6.07, 6.45) is -8.51. The number of ether oxygens (including phenoxy) is 1. The molecule has 0 aromatic heterocycles. The number of hydrogen-bond acceptors (Lipinski definition) is 4. The highest BCUT2D eigenvalue weighted by atomic mass is 32.2. The van der Waals surface area contributed by atoms with Crippen LogP contribution in [0.25, 0.3) is 0 Å². The second kappa shape index (κ2) is 7.60. The van der Waals surface area contributed by atoms with E-state index in [1.807, 2.05) is 0 Å². The van der Waals surface area contributed by atoms with Crippen molar-refractivity contribution in [1.82, 2.24) is 0 Å². The van der Waals surface area contributed by atoms with Crippen molar-refractivity contribution in [2.24, 2.45) is 0 Å². The van der Waals surface area contributed by atoms with Crippen molar-refractivity contribution in [3.63, 3.8) is 0 Å². The lowest BCUT2D eigenvalue weighted by Crippen LogP contribution is -2.39. The topological polar surface area (TPSA) is 80.7 Å². The van der Waals surface area contributed by atoms with Gasteiger partial charge in [0.15, 0.2) is 0 Å². The Hall–Kier alpha value is -1.48. The molecular weight excluding hydrogens is 347 g/mol. The molecule has 128 valence electrons. The molecule has 0 spiro atoms. The van der Waals surface area contributed by atoms with Crippen LogP contribution >= 0.6 is 0 Å². The maximum atomic E-state index is 12.9. The van der Waals surface area contributed by atoms with E-state index in [1.54, 1.807) is 6.92 Å². The summed E-state index contributed by atoms with van der Waals surface area (Å²) < 4.78 is 72.9. The number of carbonyl (C=O) groups is 1.